The number of carboxylic acid groups (broad SMARTS) is 2. The van der Waals surface area contributed by atoms with Crippen molar-refractivity contribution in [3.05, 3.63) is 0 Å². The molecule has 2 N–H and O–H groups in total. The van der Waals surface area contributed by atoms with Crippen molar-refractivity contribution >= 4 is 11.9 Å². The van der Waals surface area contributed by atoms with Gasteiger partial charge in [0.1, 0.15) is 0 Å². The van der Waals surface area contributed by atoms with Crippen LogP contribution < -0.4 is 0 Å². The normalized spacial score (nSPS) is 31.9. The highest BCUT2D eigenvalue weighted by molar-refractivity contribution is 5.77. The molecule has 0 aromatic rings. The Morgan fingerprint density at radius 3 is 1.85 bits per heavy atom. The minimum absolute atomic E-state index is 0.151. The molecule has 1 saturated carbocycles. The Hall–Kier alpha value is -1.06. The zero-order valence-corrected chi connectivity index (χ0v) is 13.5. The van der Waals surface area contributed by atoms with Crippen molar-refractivity contribution in [2.24, 2.45) is 28.1 Å². The van der Waals surface area contributed by atoms with Gasteiger partial charge in [0.25, 0.3) is 0 Å². The van der Waals surface area contributed by atoms with Crippen LogP contribution in [0.3, 0.4) is 0 Å². The summed E-state index contributed by atoms with van der Waals surface area (Å²) in [6.07, 6.45) is 1.33. The lowest BCUT2D eigenvalue weighted by Gasteiger charge is -2.55. The number of carboxylic acids is 2. The molecule has 3 atom stereocenters. The van der Waals surface area contributed by atoms with Crippen LogP contribution in [0.15, 0.2) is 0 Å². The molecule has 0 saturated heterocycles. The Labute approximate surface area is 121 Å². The first-order chi connectivity index (χ1) is 8.84. The van der Waals surface area contributed by atoms with Gasteiger partial charge >= 0.3 is 11.9 Å². The molecule has 1 fully saturated rings. The molecule has 0 heterocycles. The number of hydrogen-bond donors (Lipinski definition) is 2. The smallest absolute Gasteiger partial charge is 0.310 e. The van der Waals surface area contributed by atoms with Crippen molar-refractivity contribution < 1.29 is 19.8 Å². The first-order valence-electron chi connectivity index (χ1n) is 7.30. The highest BCUT2D eigenvalue weighted by Gasteiger charge is 2.59. The van der Waals surface area contributed by atoms with Crippen molar-refractivity contribution in [3.8, 4) is 0 Å². The van der Waals surface area contributed by atoms with E-state index in [-0.39, 0.29) is 11.3 Å². The molecule has 20 heavy (non-hydrogen) atoms. The van der Waals surface area contributed by atoms with E-state index in [1.165, 1.54) is 0 Å². The molecular formula is C16H28O4. The first kappa shape index (κ1) is 17.0. The summed E-state index contributed by atoms with van der Waals surface area (Å²) in [5, 5.41) is 19.2. The predicted molar refractivity (Wildman–Crippen MR) is 77.4 cm³/mol. The van der Waals surface area contributed by atoms with E-state index in [1.54, 1.807) is 0 Å². The summed E-state index contributed by atoms with van der Waals surface area (Å²) in [4.78, 5) is 23.4. The lowest BCUT2D eigenvalue weighted by Crippen LogP contribution is -2.56. The zero-order chi connectivity index (χ0) is 15.9. The van der Waals surface area contributed by atoms with Crippen LogP contribution >= 0.6 is 0 Å². The molecule has 1 aliphatic rings. The summed E-state index contributed by atoms with van der Waals surface area (Å²) in [5.41, 5.74) is -1.50. The number of aliphatic carboxylic acids is 2. The van der Waals surface area contributed by atoms with Crippen molar-refractivity contribution in [2.75, 3.05) is 0 Å². The summed E-state index contributed by atoms with van der Waals surface area (Å²) in [6.45, 7) is 11.9. The molecule has 1 rings (SSSR count). The Morgan fingerprint density at radius 2 is 1.55 bits per heavy atom. The molecule has 0 aromatic carbocycles. The fraction of sp³-hybridized carbons (Fsp3) is 0.875. The third-order valence-corrected chi connectivity index (χ3v) is 5.12. The largest absolute Gasteiger partial charge is 0.481 e. The van der Waals surface area contributed by atoms with Gasteiger partial charge in [0.2, 0.25) is 0 Å². The van der Waals surface area contributed by atoms with Crippen molar-refractivity contribution in [1.29, 1.82) is 0 Å². The highest BCUT2D eigenvalue weighted by Crippen LogP contribution is 2.59. The minimum atomic E-state index is -0.864. The van der Waals surface area contributed by atoms with Gasteiger partial charge in [0.15, 0.2) is 0 Å². The van der Waals surface area contributed by atoms with Crippen LogP contribution in [0.4, 0.5) is 0 Å². The molecule has 0 aliphatic heterocycles. The second kappa shape index (κ2) is 5.05. The van der Waals surface area contributed by atoms with Crippen molar-refractivity contribution in [1.82, 2.24) is 0 Å². The van der Waals surface area contributed by atoms with Gasteiger partial charge < -0.3 is 10.2 Å². The topological polar surface area (TPSA) is 74.6 Å². The van der Waals surface area contributed by atoms with Crippen LogP contribution in [0.1, 0.15) is 60.8 Å². The van der Waals surface area contributed by atoms with Gasteiger partial charge in [-0.25, -0.2) is 0 Å². The Morgan fingerprint density at radius 1 is 1.05 bits per heavy atom. The van der Waals surface area contributed by atoms with Crippen molar-refractivity contribution in [2.45, 2.75) is 60.8 Å². The number of carbonyl (C=O) groups is 2. The van der Waals surface area contributed by atoms with E-state index in [9.17, 15) is 19.8 Å². The third-order valence-electron chi connectivity index (χ3n) is 5.12. The van der Waals surface area contributed by atoms with Gasteiger partial charge in [0.05, 0.1) is 11.3 Å². The summed E-state index contributed by atoms with van der Waals surface area (Å²) in [6, 6.07) is 0. The monoisotopic (exact) mass is 284 g/mol. The third kappa shape index (κ3) is 2.70. The van der Waals surface area contributed by atoms with E-state index in [0.717, 1.165) is 0 Å². The Balaban J connectivity index is 3.35. The standard InChI is InChI=1S/C16H28O4/c1-14(2,3)11-9-10(12(17)18)7-8-16(11,13(19)20)15(4,5)6/h10-11H,7-9H2,1-6H3,(H,17,18)(H,19,20). The zero-order valence-electron chi connectivity index (χ0n) is 13.5. The lowest BCUT2D eigenvalue weighted by atomic mass is 9.47. The van der Waals surface area contributed by atoms with E-state index in [1.807, 2.05) is 41.5 Å². The number of rotatable bonds is 2. The summed E-state index contributed by atoms with van der Waals surface area (Å²) >= 11 is 0. The Bertz CT molecular complexity index is 400. The fourth-order valence-corrected chi connectivity index (χ4v) is 3.97. The highest BCUT2D eigenvalue weighted by atomic mass is 16.4. The van der Waals surface area contributed by atoms with Gasteiger partial charge in [-0.05, 0) is 36.0 Å². The van der Waals surface area contributed by atoms with Gasteiger partial charge in [-0.1, -0.05) is 41.5 Å². The maximum absolute atomic E-state index is 12.1. The van der Waals surface area contributed by atoms with E-state index in [4.69, 9.17) is 0 Å². The molecule has 0 radical (unpaired) electrons. The van der Waals surface area contributed by atoms with Crippen molar-refractivity contribution in [3.63, 3.8) is 0 Å². The van der Waals surface area contributed by atoms with Crippen LogP contribution in [0.2, 0.25) is 0 Å². The molecule has 0 aromatic heterocycles. The average molecular weight is 284 g/mol. The second-order valence-corrected chi connectivity index (χ2v) is 8.25. The molecular weight excluding hydrogens is 256 g/mol. The molecule has 1 aliphatic carbocycles. The molecule has 4 nitrogen and oxygen atoms in total. The molecule has 3 unspecified atom stereocenters. The fourth-order valence-electron chi connectivity index (χ4n) is 3.97. The maximum atomic E-state index is 12.1. The summed E-state index contributed by atoms with van der Waals surface area (Å²) in [7, 11) is 0. The van der Waals surface area contributed by atoms with Gasteiger partial charge in [-0.15, -0.1) is 0 Å². The molecule has 116 valence electrons. The van der Waals surface area contributed by atoms with Crippen LogP contribution in [0.25, 0.3) is 0 Å². The Kier molecular flexibility index (Phi) is 4.29. The maximum Gasteiger partial charge on any atom is 0.310 e. The van der Waals surface area contributed by atoms with Crippen LogP contribution in [0, 0.1) is 28.1 Å². The quantitative estimate of drug-likeness (QED) is 0.811. The first-order valence-corrected chi connectivity index (χ1v) is 7.30. The lowest BCUT2D eigenvalue weighted by molar-refractivity contribution is -0.179. The van der Waals surface area contributed by atoms with Crippen LogP contribution in [-0.2, 0) is 9.59 Å². The summed E-state index contributed by atoms with van der Waals surface area (Å²) < 4.78 is 0. The molecule has 0 bridgehead atoms. The molecule has 4 heteroatoms. The van der Waals surface area contributed by atoms with Gasteiger partial charge in [-0.3, -0.25) is 9.59 Å². The van der Waals surface area contributed by atoms with E-state index in [2.05, 4.69) is 0 Å². The second-order valence-electron chi connectivity index (χ2n) is 8.25. The number of hydrogen-bond acceptors (Lipinski definition) is 2. The van der Waals surface area contributed by atoms with Crippen LogP contribution in [0.5, 0.6) is 0 Å². The average Bonchev–Trinajstić information content (AvgIpc) is 2.24. The van der Waals surface area contributed by atoms with Gasteiger partial charge in [-0.2, -0.15) is 0 Å². The van der Waals surface area contributed by atoms with Crippen LogP contribution in [-0.4, -0.2) is 22.2 Å². The molecule has 0 spiro atoms. The van der Waals surface area contributed by atoms with Gasteiger partial charge in [0, 0.05) is 0 Å². The van der Waals surface area contributed by atoms with E-state index in [0.29, 0.717) is 19.3 Å². The minimum Gasteiger partial charge on any atom is -0.481 e. The SMILES string of the molecule is CC(C)(C)C1CC(C(=O)O)CCC1(C(=O)O)C(C)(C)C. The summed E-state index contributed by atoms with van der Waals surface area (Å²) in [5.74, 6) is -2.16. The molecule has 0 amide bonds. The predicted octanol–water partition coefficient (Wildman–Crippen LogP) is 3.65. The van der Waals surface area contributed by atoms with E-state index >= 15 is 0 Å². The van der Waals surface area contributed by atoms with E-state index < -0.39 is 28.7 Å².